The van der Waals surface area contributed by atoms with Crippen molar-refractivity contribution in [3.63, 3.8) is 0 Å². The smallest absolute Gasteiger partial charge is 0.260 e. The highest BCUT2D eigenvalue weighted by Gasteiger charge is 2.02. The van der Waals surface area contributed by atoms with E-state index in [1.165, 1.54) is 16.4 Å². The molecule has 0 aliphatic carbocycles. The Kier molecular flexibility index (Phi) is 4.25. The monoisotopic (exact) mass is 251 g/mol. The molecule has 0 spiro atoms. The Balaban J connectivity index is 2.08. The Morgan fingerprint density at radius 2 is 2.19 bits per heavy atom. The van der Waals surface area contributed by atoms with Gasteiger partial charge < -0.3 is 0 Å². The average Bonchev–Trinajstić information content (AvgIpc) is 2.72. The molecule has 0 saturated carbocycles. The molecule has 1 aromatic rings. The van der Waals surface area contributed by atoms with Crippen LogP contribution in [-0.4, -0.2) is 9.71 Å². The molecule has 16 heavy (non-hydrogen) atoms. The van der Waals surface area contributed by atoms with Gasteiger partial charge >= 0.3 is 0 Å². The molecule has 0 N–H and O–H groups in total. The van der Waals surface area contributed by atoms with Gasteiger partial charge in [-0.25, -0.2) is 0 Å². The number of hydrogen-bond acceptors (Lipinski definition) is 3. The Bertz CT molecular complexity index is 479. The summed E-state index contributed by atoms with van der Waals surface area (Å²) in [5.41, 5.74) is 0.0949. The summed E-state index contributed by atoms with van der Waals surface area (Å²) < 4.78 is 1.78. The largest absolute Gasteiger partial charge is 0.268 e. The van der Waals surface area contributed by atoms with Gasteiger partial charge in [-0.15, -0.1) is 11.8 Å². The zero-order chi connectivity index (χ0) is 11.2. The molecule has 84 valence electrons. The van der Waals surface area contributed by atoms with Gasteiger partial charge in [0.1, 0.15) is 0 Å². The molecule has 2 nitrogen and oxygen atoms in total. The molecule has 0 bridgehead atoms. The number of thioether (sulfide) groups is 1. The van der Waals surface area contributed by atoms with Crippen LogP contribution in [0.2, 0.25) is 0 Å². The Labute approximate surface area is 103 Å². The Morgan fingerprint density at radius 3 is 3.00 bits per heavy atom. The van der Waals surface area contributed by atoms with E-state index >= 15 is 0 Å². The van der Waals surface area contributed by atoms with E-state index in [1.54, 1.807) is 21.8 Å². The second-order valence-electron chi connectivity index (χ2n) is 3.36. The van der Waals surface area contributed by atoms with E-state index in [0.29, 0.717) is 6.54 Å². The van der Waals surface area contributed by atoms with Crippen molar-refractivity contribution in [2.24, 2.45) is 0 Å². The van der Waals surface area contributed by atoms with Crippen LogP contribution in [0.3, 0.4) is 0 Å². The second kappa shape index (κ2) is 5.92. The summed E-state index contributed by atoms with van der Waals surface area (Å²) in [7, 11) is 0. The Morgan fingerprint density at radius 1 is 1.31 bits per heavy atom. The summed E-state index contributed by atoms with van der Waals surface area (Å²) in [6, 6.07) is 1.62. The van der Waals surface area contributed by atoms with Crippen molar-refractivity contribution in [2.75, 3.05) is 5.75 Å². The van der Waals surface area contributed by atoms with Gasteiger partial charge in [-0.3, -0.25) is 8.75 Å². The first-order valence-corrected chi connectivity index (χ1v) is 6.97. The normalized spacial score (nSPS) is 23.6. The van der Waals surface area contributed by atoms with Crippen LogP contribution in [0.5, 0.6) is 0 Å². The van der Waals surface area contributed by atoms with Crippen LogP contribution in [0.15, 0.2) is 51.5 Å². The van der Waals surface area contributed by atoms with Crippen molar-refractivity contribution < 1.29 is 0 Å². The predicted octanol–water partition coefficient (Wildman–Crippen LogP) is 3.04. The number of aromatic nitrogens is 1. The third kappa shape index (κ3) is 3.25. The van der Waals surface area contributed by atoms with Crippen molar-refractivity contribution in [3.05, 3.63) is 57.1 Å². The van der Waals surface area contributed by atoms with Crippen molar-refractivity contribution >= 4 is 23.3 Å². The molecule has 1 aromatic heterocycles. The van der Waals surface area contributed by atoms with Gasteiger partial charge in [0.25, 0.3) is 5.56 Å². The van der Waals surface area contributed by atoms with Crippen LogP contribution in [-0.2, 0) is 6.54 Å². The van der Waals surface area contributed by atoms with Crippen LogP contribution in [0.4, 0.5) is 0 Å². The number of hydrogen-bond donors (Lipinski definition) is 0. The molecular formula is C12H13NOS2. The highest BCUT2D eigenvalue weighted by molar-refractivity contribution is 8.03. The average molecular weight is 251 g/mol. The molecule has 2 rings (SSSR count). The van der Waals surface area contributed by atoms with Crippen LogP contribution in [0.25, 0.3) is 0 Å². The third-order valence-corrected chi connectivity index (χ3v) is 4.02. The molecule has 1 aliphatic heterocycles. The fourth-order valence-electron chi connectivity index (χ4n) is 1.37. The fraction of sp³-hybridized carbons (Fsp3) is 0.250. The first-order valence-electron chi connectivity index (χ1n) is 5.14. The summed E-state index contributed by atoms with van der Waals surface area (Å²) in [5, 5.41) is 1.84. The lowest BCUT2D eigenvalue weighted by molar-refractivity contribution is 0.863. The first-order chi connectivity index (χ1) is 7.86. The zero-order valence-corrected chi connectivity index (χ0v) is 10.5. The molecule has 4 heteroatoms. The molecule has 1 aliphatic rings. The highest BCUT2D eigenvalue weighted by Crippen LogP contribution is 2.20. The fourth-order valence-corrected chi connectivity index (χ4v) is 3.01. The van der Waals surface area contributed by atoms with Crippen LogP contribution < -0.4 is 5.56 Å². The minimum absolute atomic E-state index is 0.0949. The maximum atomic E-state index is 11.4. The SMILES string of the molecule is O=c1ccsn1C/C1=C/C/C=C\C=C/CS1. The summed E-state index contributed by atoms with van der Waals surface area (Å²) in [4.78, 5) is 12.7. The second-order valence-corrected chi connectivity index (χ2v) is 5.43. The summed E-state index contributed by atoms with van der Waals surface area (Å²) in [6.07, 6.45) is 11.5. The van der Waals surface area contributed by atoms with E-state index in [4.69, 9.17) is 0 Å². The maximum Gasteiger partial charge on any atom is 0.260 e. The summed E-state index contributed by atoms with van der Waals surface area (Å²) in [5.74, 6) is 0.969. The number of nitrogens with zero attached hydrogens (tertiary/aromatic N) is 1. The van der Waals surface area contributed by atoms with E-state index in [9.17, 15) is 4.79 Å². The number of rotatable bonds is 2. The van der Waals surface area contributed by atoms with Gasteiger partial charge in [0.05, 0.1) is 6.54 Å². The van der Waals surface area contributed by atoms with Crippen LogP contribution in [0.1, 0.15) is 6.42 Å². The minimum Gasteiger partial charge on any atom is -0.268 e. The zero-order valence-electron chi connectivity index (χ0n) is 8.83. The van der Waals surface area contributed by atoms with Gasteiger partial charge in [0.2, 0.25) is 0 Å². The van der Waals surface area contributed by atoms with Gasteiger partial charge in [-0.1, -0.05) is 41.9 Å². The van der Waals surface area contributed by atoms with Gasteiger partial charge in [-0.05, 0) is 6.42 Å². The van der Waals surface area contributed by atoms with E-state index in [1.807, 2.05) is 5.38 Å². The molecule has 0 fully saturated rings. The molecular weight excluding hydrogens is 238 g/mol. The summed E-state index contributed by atoms with van der Waals surface area (Å²) >= 11 is 3.27. The molecule has 0 radical (unpaired) electrons. The number of allylic oxidation sites excluding steroid dienone is 5. The van der Waals surface area contributed by atoms with E-state index < -0.39 is 0 Å². The molecule has 0 unspecified atom stereocenters. The van der Waals surface area contributed by atoms with E-state index in [-0.39, 0.29) is 5.56 Å². The van der Waals surface area contributed by atoms with E-state index in [0.717, 1.165) is 12.2 Å². The van der Waals surface area contributed by atoms with Crippen molar-refractivity contribution in [1.29, 1.82) is 0 Å². The lowest BCUT2D eigenvalue weighted by Crippen LogP contribution is -2.12. The predicted molar refractivity (Wildman–Crippen MR) is 72.0 cm³/mol. The van der Waals surface area contributed by atoms with Crippen molar-refractivity contribution in [1.82, 2.24) is 3.96 Å². The van der Waals surface area contributed by atoms with Crippen molar-refractivity contribution in [3.8, 4) is 0 Å². The van der Waals surface area contributed by atoms with Gasteiger partial charge in [0, 0.05) is 22.1 Å². The van der Waals surface area contributed by atoms with E-state index in [2.05, 4.69) is 30.4 Å². The third-order valence-electron chi connectivity index (χ3n) is 2.17. The van der Waals surface area contributed by atoms with Gasteiger partial charge in [-0.2, -0.15) is 0 Å². The highest BCUT2D eigenvalue weighted by atomic mass is 32.2. The topological polar surface area (TPSA) is 22.0 Å². The molecule has 0 atom stereocenters. The lowest BCUT2D eigenvalue weighted by Gasteiger charge is -2.05. The maximum absolute atomic E-state index is 11.4. The standard InChI is InChI=1S/C12H13NOS2/c14-12-7-9-16-13(12)10-11-6-4-2-1-3-5-8-15-11/h1-3,5-7,9H,4,8,10H2/b2-1-,5-3-,11-6-. The molecule has 0 saturated heterocycles. The molecule has 2 heterocycles. The minimum atomic E-state index is 0.0949. The van der Waals surface area contributed by atoms with Crippen LogP contribution in [0, 0.1) is 0 Å². The Hall–Kier alpha value is -1.00. The van der Waals surface area contributed by atoms with Gasteiger partial charge in [0.15, 0.2) is 0 Å². The van der Waals surface area contributed by atoms with Crippen LogP contribution >= 0.6 is 23.3 Å². The molecule has 0 amide bonds. The van der Waals surface area contributed by atoms with Crippen molar-refractivity contribution in [2.45, 2.75) is 13.0 Å². The quantitative estimate of drug-likeness (QED) is 0.806. The molecule has 0 aromatic carbocycles. The lowest BCUT2D eigenvalue weighted by atomic mass is 10.3. The summed E-state index contributed by atoms with van der Waals surface area (Å²) in [6.45, 7) is 0.711. The first kappa shape index (κ1) is 11.5.